The summed E-state index contributed by atoms with van der Waals surface area (Å²) in [5.41, 5.74) is 3.02. The zero-order valence-electron chi connectivity index (χ0n) is 14.0. The van der Waals surface area contributed by atoms with Crippen LogP contribution in [0.1, 0.15) is 22.8 Å². The number of para-hydroxylation sites is 1. The minimum Gasteiger partial charge on any atom is -0.462 e. The van der Waals surface area contributed by atoms with Gasteiger partial charge in [0, 0.05) is 18.1 Å². The highest BCUT2D eigenvalue weighted by Crippen LogP contribution is 2.30. The lowest BCUT2D eigenvalue weighted by atomic mass is 10.1. The van der Waals surface area contributed by atoms with Gasteiger partial charge in [-0.15, -0.1) is 0 Å². The Bertz CT molecular complexity index is 882. The lowest BCUT2D eigenvalue weighted by Crippen LogP contribution is -2.13. The second kappa shape index (κ2) is 7.99. The quantitative estimate of drug-likeness (QED) is 0.651. The molecule has 1 N–H and O–H groups in total. The number of carbonyl (C=O) groups is 1. The fourth-order valence-electron chi connectivity index (χ4n) is 2.72. The van der Waals surface area contributed by atoms with Crippen molar-refractivity contribution in [1.82, 2.24) is 4.98 Å². The maximum Gasteiger partial charge on any atom is 0.341 e. The largest absolute Gasteiger partial charge is 0.462 e. The number of pyridine rings is 1. The first-order chi connectivity index (χ1) is 12.2. The van der Waals surface area contributed by atoms with E-state index in [2.05, 4.69) is 22.4 Å². The van der Waals surface area contributed by atoms with E-state index in [0.717, 1.165) is 11.8 Å². The van der Waals surface area contributed by atoms with Crippen LogP contribution in [0.4, 0.5) is 5.69 Å². The summed E-state index contributed by atoms with van der Waals surface area (Å²) in [4.78, 5) is 16.6. The van der Waals surface area contributed by atoms with Crippen molar-refractivity contribution >= 4 is 34.2 Å². The Morgan fingerprint density at radius 3 is 2.72 bits per heavy atom. The molecule has 0 aliphatic rings. The highest BCUT2D eigenvalue weighted by atomic mass is 35.5. The SMILES string of the molecule is CCOC(=O)c1cnc2c(Cl)cccc2c1NCCc1ccccc1. The normalized spacial score (nSPS) is 10.6. The molecule has 5 heteroatoms. The number of rotatable bonds is 6. The van der Waals surface area contributed by atoms with Gasteiger partial charge in [0.05, 0.1) is 22.8 Å². The molecule has 0 bridgehead atoms. The van der Waals surface area contributed by atoms with Crippen LogP contribution in [-0.4, -0.2) is 24.1 Å². The Kier molecular flexibility index (Phi) is 5.51. The molecule has 3 aromatic rings. The first-order valence-electron chi connectivity index (χ1n) is 8.23. The van der Waals surface area contributed by atoms with Gasteiger partial charge in [-0.2, -0.15) is 0 Å². The second-order valence-corrected chi connectivity index (χ2v) is 5.97. The fourth-order valence-corrected chi connectivity index (χ4v) is 2.94. The van der Waals surface area contributed by atoms with E-state index in [4.69, 9.17) is 16.3 Å². The van der Waals surface area contributed by atoms with E-state index in [9.17, 15) is 4.79 Å². The number of nitrogens with one attached hydrogen (secondary N) is 1. The van der Waals surface area contributed by atoms with Gasteiger partial charge in [-0.25, -0.2) is 4.79 Å². The summed E-state index contributed by atoms with van der Waals surface area (Å²) in [6.07, 6.45) is 2.37. The highest BCUT2D eigenvalue weighted by molar-refractivity contribution is 6.35. The molecule has 1 aromatic heterocycles. The molecule has 1 heterocycles. The summed E-state index contributed by atoms with van der Waals surface area (Å²) < 4.78 is 5.16. The lowest BCUT2D eigenvalue weighted by molar-refractivity contribution is 0.0527. The molecule has 0 aliphatic carbocycles. The summed E-state index contributed by atoms with van der Waals surface area (Å²) in [7, 11) is 0. The van der Waals surface area contributed by atoms with Crippen molar-refractivity contribution < 1.29 is 9.53 Å². The molecule has 4 nitrogen and oxygen atoms in total. The van der Waals surface area contributed by atoms with Crippen LogP contribution in [0.15, 0.2) is 54.7 Å². The standard InChI is InChI=1S/C20H19ClN2O2/c1-2-25-20(24)16-13-23-19-15(9-6-10-17(19)21)18(16)22-12-11-14-7-4-3-5-8-14/h3-10,13H,2,11-12H2,1H3,(H,22,23). The molecule has 0 aliphatic heterocycles. The van der Waals surface area contributed by atoms with Crippen molar-refractivity contribution in [2.45, 2.75) is 13.3 Å². The number of carbonyl (C=O) groups excluding carboxylic acids is 1. The predicted molar refractivity (Wildman–Crippen MR) is 101 cm³/mol. The number of nitrogens with zero attached hydrogens (tertiary/aromatic N) is 1. The highest BCUT2D eigenvalue weighted by Gasteiger charge is 2.17. The first-order valence-corrected chi connectivity index (χ1v) is 8.60. The zero-order chi connectivity index (χ0) is 17.6. The van der Waals surface area contributed by atoms with Gasteiger partial charge in [0.1, 0.15) is 5.56 Å². The van der Waals surface area contributed by atoms with Crippen LogP contribution in [-0.2, 0) is 11.2 Å². The number of benzene rings is 2. The summed E-state index contributed by atoms with van der Waals surface area (Å²) in [6.45, 7) is 2.78. The van der Waals surface area contributed by atoms with Crippen molar-refractivity contribution in [3.05, 3.63) is 70.9 Å². The summed E-state index contributed by atoms with van der Waals surface area (Å²) in [5.74, 6) is -0.390. The Labute approximate surface area is 151 Å². The molecule has 0 unspecified atom stereocenters. The van der Waals surface area contributed by atoms with Crippen LogP contribution >= 0.6 is 11.6 Å². The summed E-state index contributed by atoms with van der Waals surface area (Å²) in [5, 5.41) is 4.74. The number of hydrogen-bond donors (Lipinski definition) is 1. The molecule has 0 fully saturated rings. The van der Waals surface area contributed by atoms with Crippen LogP contribution in [0.5, 0.6) is 0 Å². The number of hydrogen-bond acceptors (Lipinski definition) is 4. The van der Waals surface area contributed by atoms with Gasteiger partial charge in [0.2, 0.25) is 0 Å². The maximum atomic E-state index is 12.3. The van der Waals surface area contributed by atoms with Crippen LogP contribution in [0.2, 0.25) is 5.02 Å². The van der Waals surface area contributed by atoms with E-state index < -0.39 is 0 Å². The molecular formula is C20H19ClN2O2. The minimum absolute atomic E-state index is 0.315. The van der Waals surface area contributed by atoms with Crippen LogP contribution in [0, 0.1) is 0 Å². The predicted octanol–water partition coefficient (Wildman–Crippen LogP) is 4.72. The van der Waals surface area contributed by atoms with E-state index in [0.29, 0.717) is 34.9 Å². The number of aromatic nitrogens is 1. The minimum atomic E-state index is -0.390. The first kappa shape index (κ1) is 17.2. The molecule has 0 atom stereocenters. The lowest BCUT2D eigenvalue weighted by Gasteiger charge is -2.14. The van der Waals surface area contributed by atoms with Crippen LogP contribution in [0.3, 0.4) is 0 Å². The molecule has 25 heavy (non-hydrogen) atoms. The molecule has 0 spiro atoms. The van der Waals surface area contributed by atoms with Crippen molar-refractivity contribution in [1.29, 1.82) is 0 Å². The number of halogens is 1. The molecule has 128 valence electrons. The molecular weight excluding hydrogens is 336 g/mol. The van der Waals surface area contributed by atoms with E-state index in [-0.39, 0.29) is 5.97 Å². The molecule has 3 rings (SSSR count). The van der Waals surface area contributed by atoms with Crippen LogP contribution in [0.25, 0.3) is 10.9 Å². The topological polar surface area (TPSA) is 51.2 Å². The Morgan fingerprint density at radius 1 is 1.16 bits per heavy atom. The second-order valence-electron chi connectivity index (χ2n) is 5.57. The van der Waals surface area contributed by atoms with Gasteiger partial charge in [0.25, 0.3) is 0 Å². The van der Waals surface area contributed by atoms with Crippen molar-refractivity contribution in [3.63, 3.8) is 0 Å². The summed E-state index contributed by atoms with van der Waals surface area (Å²) >= 11 is 6.25. The van der Waals surface area contributed by atoms with Gasteiger partial charge < -0.3 is 10.1 Å². The molecule has 0 saturated heterocycles. The Hall–Kier alpha value is -2.59. The van der Waals surface area contributed by atoms with Gasteiger partial charge in [-0.3, -0.25) is 4.98 Å². The van der Waals surface area contributed by atoms with Crippen molar-refractivity contribution in [2.75, 3.05) is 18.5 Å². The molecule has 2 aromatic carbocycles. The third-order valence-electron chi connectivity index (χ3n) is 3.90. The Balaban J connectivity index is 1.93. The monoisotopic (exact) mass is 354 g/mol. The number of ether oxygens (including phenoxy) is 1. The average Bonchev–Trinajstić information content (AvgIpc) is 2.63. The zero-order valence-corrected chi connectivity index (χ0v) is 14.7. The van der Waals surface area contributed by atoms with Crippen molar-refractivity contribution in [2.24, 2.45) is 0 Å². The van der Waals surface area contributed by atoms with E-state index >= 15 is 0 Å². The average molecular weight is 355 g/mol. The summed E-state index contributed by atoms with van der Waals surface area (Å²) in [6, 6.07) is 15.7. The van der Waals surface area contributed by atoms with E-state index in [1.165, 1.54) is 11.8 Å². The van der Waals surface area contributed by atoms with Crippen molar-refractivity contribution in [3.8, 4) is 0 Å². The number of fused-ring (bicyclic) bond motifs is 1. The van der Waals surface area contributed by atoms with Gasteiger partial charge >= 0.3 is 5.97 Å². The number of esters is 1. The number of anilines is 1. The maximum absolute atomic E-state index is 12.3. The Morgan fingerprint density at radius 2 is 1.96 bits per heavy atom. The third kappa shape index (κ3) is 3.91. The molecule has 0 amide bonds. The molecule has 0 radical (unpaired) electrons. The molecule has 0 saturated carbocycles. The van der Waals surface area contributed by atoms with Gasteiger partial charge in [-0.1, -0.05) is 54.1 Å². The van der Waals surface area contributed by atoms with E-state index in [1.807, 2.05) is 30.3 Å². The third-order valence-corrected chi connectivity index (χ3v) is 4.21. The van der Waals surface area contributed by atoms with E-state index in [1.54, 1.807) is 13.0 Å². The fraction of sp³-hybridized carbons (Fsp3) is 0.200. The van der Waals surface area contributed by atoms with Gasteiger partial charge in [0.15, 0.2) is 0 Å². The van der Waals surface area contributed by atoms with Gasteiger partial charge in [-0.05, 0) is 25.0 Å². The smallest absolute Gasteiger partial charge is 0.341 e. The van der Waals surface area contributed by atoms with Crippen LogP contribution < -0.4 is 5.32 Å².